The summed E-state index contributed by atoms with van der Waals surface area (Å²) in [4.78, 5) is 24.4. The van der Waals surface area contributed by atoms with Crippen molar-refractivity contribution in [1.82, 2.24) is 10.6 Å². The molecule has 1 aromatic carbocycles. The van der Waals surface area contributed by atoms with Gasteiger partial charge in [-0.2, -0.15) is 0 Å². The second-order valence-electron chi connectivity index (χ2n) is 5.12. The van der Waals surface area contributed by atoms with Crippen molar-refractivity contribution in [1.29, 1.82) is 0 Å². The van der Waals surface area contributed by atoms with Crippen LogP contribution < -0.4 is 20.1 Å². The summed E-state index contributed by atoms with van der Waals surface area (Å²) in [5, 5.41) is 5.35. The van der Waals surface area contributed by atoms with E-state index in [0.717, 1.165) is 0 Å². The average Bonchev–Trinajstić information content (AvgIpc) is 2.54. The van der Waals surface area contributed by atoms with Crippen LogP contribution in [0.25, 0.3) is 0 Å². The highest BCUT2D eigenvalue weighted by Gasteiger charge is 2.35. The van der Waals surface area contributed by atoms with E-state index < -0.39 is 18.0 Å². The zero-order chi connectivity index (χ0) is 18.7. The van der Waals surface area contributed by atoms with Gasteiger partial charge in [-0.1, -0.05) is 0 Å². The number of hydrogen-bond acceptors (Lipinski definition) is 5. The van der Waals surface area contributed by atoms with Gasteiger partial charge in [0.15, 0.2) is 5.75 Å². The molecular weight excluding hydrogens is 460 g/mol. The lowest BCUT2D eigenvalue weighted by Gasteiger charge is -2.29. The fraction of sp³-hybridized carbons (Fsp3) is 0.375. The van der Waals surface area contributed by atoms with Crippen LogP contribution in [-0.2, 0) is 9.53 Å². The van der Waals surface area contributed by atoms with Crippen molar-refractivity contribution in [2.45, 2.75) is 19.9 Å². The van der Waals surface area contributed by atoms with Crippen molar-refractivity contribution in [2.24, 2.45) is 0 Å². The van der Waals surface area contributed by atoms with Crippen LogP contribution in [0.4, 0.5) is 4.79 Å². The summed E-state index contributed by atoms with van der Waals surface area (Å²) in [5.41, 5.74) is 1.32. The number of halogens is 2. The topological polar surface area (TPSA) is 85.9 Å². The number of carbonyl (C=O) groups excluding carboxylic acids is 2. The smallest absolute Gasteiger partial charge is 0.338 e. The van der Waals surface area contributed by atoms with Crippen LogP contribution >= 0.6 is 31.9 Å². The van der Waals surface area contributed by atoms with Crippen molar-refractivity contribution in [3.63, 3.8) is 0 Å². The van der Waals surface area contributed by atoms with Gasteiger partial charge in [0.25, 0.3) is 0 Å². The van der Waals surface area contributed by atoms with Crippen molar-refractivity contribution in [3.05, 3.63) is 31.8 Å². The number of ether oxygens (including phenoxy) is 3. The molecule has 2 amide bonds. The highest BCUT2D eigenvalue weighted by Crippen LogP contribution is 2.46. The number of hydrogen-bond donors (Lipinski definition) is 2. The van der Waals surface area contributed by atoms with Gasteiger partial charge in [-0.3, -0.25) is 0 Å². The number of rotatable bonds is 5. The van der Waals surface area contributed by atoms with Gasteiger partial charge in [-0.15, -0.1) is 0 Å². The molecule has 0 saturated heterocycles. The first kappa shape index (κ1) is 19.6. The summed E-state index contributed by atoms with van der Waals surface area (Å²) in [6, 6.07) is 0.590. The lowest BCUT2D eigenvalue weighted by Crippen LogP contribution is -2.45. The molecule has 1 aliphatic rings. The summed E-state index contributed by atoms with van der Waals surface area (Å²) < 4.78 is 17.2. The fourth-order valence-corrected chi connectivity index (χ4v) is 4.26. The van der Waals surface area contributed by atoms with Crippen LogP contribution in [0.1, 0.15) is 25.5 Å². The Morgan fingerprint density at radius 1 is 1.24 bits per heavy atom. The first-order valence-electron chi connectivity index (χ1n) is 7.40. The standard InChI is InChI=1S/C16H18Br2N2O5/c1-5-25-15(21)10-7(2)19-16(22)20-12(10)8-6-9(17)14(24-4)11(18)13(8)23-3/h6,12H,5H2,1-4H3,(H2,19,20,22). The third-order valence-electron chi connectivity index (χ3n) is 3.64. The number of amides is 2. The molecule has 1 heterocycles. The number of nitrogens with one attached hydrogen (secondary N) is 2. The molecule has 2 rings (SSSR count). The Morgan fingerprint density at radius 2 is 1.88 bits per heavy atom. The molecule has 1 aliphatic heterocycles. The molecule has 0 fully saturated rings. The van der Waals surface area contributed by atoms with Gasteiger partial charge in [0.1, 0.15) is 10.2 Å². The minimum absolute atomic E-state index is 0.226. The van der Waals surface area contributed by atoms with E-state index >= 15 is 0 Å². The van der Waals surface area contributed by atoms with Crippen LogP contribution in [0.15, 0.2) is 26.3 Å². The largest absolute Gasteiger partial charge is 0.495 e. The lowest BCUT2D eigenvalue weighted by atomic mass is 9.94. The van der Waals surface area contributed by atoms with E-state index in [4.69, 9.17) is 14.2 Å². The molecule has 1 atom stereocenters. The van der Waals surface area contributed by atoms with Gasteiger partial charge in [-0.05, 0) is 51.8 Å². The van der Waals surface area contributed by atoms with Crippen molar-refractivity contribution in [2.75, 3.05) is 20.8 Å². The molecule has 1 unspecified atom stereocenters. The number of benzene rings is 1. The number of esters is 1. The van der Waals surface area contributed by atoms with E-state index in [1.165, 1.54) is 14.2 Å². The first-order chi connectivity index (χ1) is 11.8. The summed E-state index contributed by atoms with van der Waals surface area (Å²) in [7, 11) is 3.03. The number of urea groups is 1. The molecule has 0 radical (unpaired) electrons. The third kappa shape index (κ3) is 3.77. The van der Waals surface area contributed by atoms with Crippen LogP contribution in [0, 0.1) is 0 Å². The Hall–Kier alpha value is -1.74. The normalized spacial score (nSPS) is 16.9. The minimum Gasteiger partial charge on any atom is -0.495 e. The van der Waals surface area contributed by atoms with Gasteiger partial charge in [-0.25, -0.2) is 9.59 Å². The predicted octanol–water partition coefficient (Wildman–Crippen LogP) is 3.42. The Labute approximate surface area is 162 Å². The predicted molar refractivity (Wildman–Crippen MR) is 98.7 cm³/mol. The van der Waals surface area contributed by atoms with E-state index in [0.29, 0.717) is 37.3 Å². The van der Waals surface area contributed by atoms with Gasteiger partial charge in [0.2, 0.25) is 0 Å². The maximum Gasteiger partial charge on any atom is 0.338 e. The lowest BCUT2D eigenvalue weighted by molar-refractivity contribution is -0.139. The summed E-state index contributed by atoms with van der Waals surface area (Å²) in [6.07, 6.45) is 0. The maximum absolute atomic E-state index is 12.4. The maximum atomic E-state index is 12.4. The molecular formula is C16H18Br2N2O5. The molecule has 2 N–H and O–H groups in total. The highest BCUT2D eigenvalue weighted by atomic mass is 79.9. The third-order valence-corrected chi connectivity index (χ3v) is 4.95. The van der Waals surface area contributed by atoms with Crippen molar-refractivity contribution >= 4 is 43.9 Å². The average molecular weight is 478 g/mol. The molecule has 25 heavy (non-hydrogen) atoms. The zero-order valence-electron chi connectivity index (χ0n) is 14.2. The second-order valence-corrected chi connectivity index (χ2v) is 6.77. The SMILES string of the molecule is CCOC(=O)C1=C(C)NC(=O)NC1c1cc(Br)c(OC)c(Br)c1OC. The summed E-state index contributed by atoms with van der Waals surface area (Å²) >= 11 is 6.88. The van der Waals surface area contributed by atoms with Crippen LogP contribution in [-0.4, -0.2) is 32.8 Å². The molecule has 0 aliphatic carbocycles. The van der Waals surface area contributed by atoms with Gasteiger partial charge >= 0.3 is 12.0 Å². The van der Waals surface area contributed by atoms with E-state index in [9.17, 15) is 9.59 Å². The highest BCUT2D eigenvalue weighted by molar-refractivity contribution is 9.11. The molecule has 0 aromatic heterocycles. The molecule has 7 nitrogen and oxygen atoms in total. The van der Waals surface area contributed by atoms with Crippen LogP contribution in [0.2, 0.25) is 0 Å². The van der Waals surface area contributed by atoms with Gasteiger partial charge < -0.3 is 24.8 Å². The van der Waals surface area contributed by atoms with E-state index in [2.05, 4.69) is 42.5 Å². The van der Waals surface area contributed by atoms with E-state index in [-0.39, 0.29) is 6.61 Å². The molecule has 0 saturated carbocycles. The number of methoxy groups -OCH3 is 2. The summed E-state index contributed by atoms with van der Waals surface area (Å²) in [6.45, 7) is 3.60. The summed E-state index contributed by atoms with van der Waals surface area (Å²) in [5.74, 6) is 0.476. The van der Waals surface area contributed by atoms with Gasteiger partial charge in [0.05, 0.1) is 36.9 Å². The first-order valence-corrected chi connectivity index (χ1v) is 8.99. The molecule has 1 aromatic rings. The Balaban J connectivity index is 2.67. The second kappa shape index (κ2) is 8.09. The molecule has 9 heteroatoms. The molecule has 136 valence electrons. The van der Waals surface area contributed by atoms with Crippen LogP contribution in [0.5, 0.6) is 11.5 Å². The van der Waals surface area contributed by atoms with E-state index in [1.807, 2.05) is 0 Å². The minimum atomic E-state index is -0.735. The fourth-order valence-electron chi connectivity index (χ4n) is 2.62. The number of allylic oxidation sites excluding steroid dienone is 1. The zero-order valence-corrected chi connectivity index (χ0v) is 17.3. The number of carbonyl (C=O) groups is 2. The quantitative estimate of drug-likeness (QED) is 0.634. The van der Waals surface area contributed by atoms with E-state index in [1.54, 1.807) is 19.9 Å². The Morgan fingerprint density at radius 3 is 2.44 bits per heavy atom. The van der Waals surface area contributed by atoms with Crippen LogP contribution in [0.3, 0.4) is 0 Å². The van der Waals surface area contributed by atoms with Gasteiger partial charge in [0, 0.05) is 11.3 Å². The van der Waals surface area contributed by atoms with Crippen molar-refractivity contribution < 1.29 is 23.8 Å². The molecule has 0 bridgehead atoms. The molecule has 0 spiro atoms. The monoisotopic (exact) mass is 476 g/mol. The Kier molecular flexibility index (Phi) is 6.34. The Bertz CT molecular complexity index is 749. The van der Waals surface area contributed by atoms with Crippen molar-refractivity contribution in [3.8, 4) is 11.5 Å².